The number of hydrogen-bond donors (Lipinski definition) is 4. The number of hydrogen-bond acceptors (Lipinski definition) is 17. The van der Waals surface area contributed by atoms with Crippen LogP contribution in [0.25, 0.3) is 0 Å². The first-order valence-electron chi connectivity index (χ1n) is 30.8. The lowest BCUT2D eigenvalue weighted by molar-refractivity contribution is -0.120. The molecule has 0 spiro atoms. The lowest BCUT2D eigenvalue weighted by Crippen LogP contribution is -2.18. The minimum absolute atomic E-state index is 0.127. The number of ketones is 1. The fourth-order valence-corrected chi connectivity index (χ4v) is 15.1. The van der Waals surface area contributed by atoms with Crippen molar-refractivity contribution < 1.29 is 49.2 Å². The van der Waals surface area contributed by atoms with Gasteiger partial charge >= 0.3 is 0 Å². The van der Waals surface area contributed by atoms with Gasteiger partial charge in [-0.15, -0.1) is 0 Å². The molecular formula is C66H74Cl2N10O11S3. The third kappa shape index (κ3) is 14.6. The molecule has 3 aromatic carbocycles. The Morgan fingerprint density at radius 1 is 0.467 bits per heavy atom. The maximum absolute atomic E-state index is 12.8. The van der Waals surface area contributed by atoms with Crippen molar-refractivity contribution in [3.05, 3.63) is 139 Å². The number of aromatic nitrogens is 3. The highest BCUT2D eigenvalue weighted by Crippen LogP contribution is 2.44. The molecule has 5 fully saturated rings. The largest absolute Gasteiger partial charge is 0.369 e. The normalized spacial score (nSPS) is 17.7. The van der Waals surface area contributed by atoms with Gasteiger partial charge in [0.15, 0.2) is 29.5 Å². The van der Waals surface area contributed by atoms with Gasteiger partial charge in [0, 0.05) is 58.2 Å². The topological polar surface area (TPSA) is 298 Å². The van der Waals surface area contributed by atoms with Crippen molar-refractivity contribution in [1.82, 2.24) is 29.7 Å². The van der Waals surface area contributed by atoms with E-state index in [1.807, 2.05) is 18.2 Å². The van der Waals surface area contributed by atoms with Gasteiger partial charge in [0.25, 0.3) is 17.7 Å². The van der Waals surface area contributed by atoms with Crippen LogP contribution in [0.5, 0.6) is 0 Å². The van der Waals surface area contributed by atoms with Crippen molar-refractivity contribution in [2.45, 2.75) is 142 Å². The summed E-state index contributed by atoms with van der Waals surface area (Å²) in [7, 11) is -5.30. The molecular weight excluding hydrogens is 1280 g/mol. The average Bonchev–Trinajstić information content (AvgIpc) is 1.37. The van der Waals surface area contributed by atoms with Gasteiger partial charge in [0.1, 0.15) is 16.1 Å². The molecule has 0 radical (unpaired) electrons. The maximum atomic E-state index is 12.8. The molecule has 5 aliphatic carbocycles. The van der Waals surface area contributed by atoms with Gasteiger partial charge in [-0.3, -0.25) is 29.0 Å². The zero-order valence-electron chi connectivity index (χ0n) is 52.1. The molecule has 486 valence electrons. The summed E-state index contributed by atoms with van der Waals surface area (Å²) in [5.41, 5.74) is 14.5. The number of Topliss-reactive ketones (excluding diaryl/α,β-unsaturated/α-hetero) is 1. The van der Waals surface area contributed by atoms with Gasteiger partial charge < -0.3 is 36.4 Å². The first-order chi connectivity index (χ1) is 43.5. The standard InChI is InChI=1S/C24H27N3O4S.2C19H20ClN3O3S.C4H7NO/c1-27-13-20-23(24(27)29)19(11-17(25-20)12-21(28)15-6-7-15)26-18-9-8-16(14-4-3-5-14)10-22(18)32(2,30)31;2*1-23-10-15-18(19(23)24)14(9-17(20)22-15)21-13-7-6-12(11-4-3-5-11)8-16(13)27(2,25)26;5-4(6)3-1-2-3/h8-11,14-15H,3-7,12-13H2,1-2H3,(H,25,26);2*6-9,11H,3-5,10H2,1-2H3,(H,21,22);3H,1-2H2,(H2,5,6). The number of nitrogens with two attached hydrogens (primary N) is 1. The summed E-state index contributed by atoms with van der Waals surface area (Å²) in [5.74, 6) is 1.17. The third-order valence-electron chi connectivity index (χ3n) is 18.2. The molecule has 14 rings (SSSR count). The smallest absolute Gasteiger partial charge is 0.257 e. The molecule has 4 amide bonds. The Morgan fingerprint density at radius 3 is 1.05 bits per heavy atom. The molecule has 8 aliphatic rings. The van der Waals surface area contributed by atoms with Crippen LogP contribution in [0.2, 0.25) is 10.3 Å². The van der Waals surface area contributed by atoms with Crippen LogP contribution in [0.3, 0.4) is 0 Å². The Kier molecular flexibility index (Phi) is 18.7. The van der Waals surface area contributed by atoms with Gasteiger partial charge in [-0.1, -0.05) is 60.7 Å². The van der Waals surface area contributed by atoms with Gasteiger partial charge in [-0.05, 0) is 153 Å². The van der Waals surface area contributed by atoms with E-state index in [2.05, 4.69) is 30.9 Å². The molecule has 0 saturated heterocycles. The van der Waals surface area contributed by atoms with Crippen LogP contribution in [0, 0.1) is 11.8 Å². The van der Waals surface area contributed by atoms with E-state index in [9.17, 15) is 49.2 Å². The zero-order valence-corrected chi connectivity index (χ0v) is 56.0. The molecule has 5 N–H and O–H groups in total. The fraction of sp³-hybridized carbons (Fsp3) is 0.424. The van der Waals surface area contributed by atoms with Gasteiger partial charge in [0.2, 0.25) is 5.91 Å². The summed E-state index contributed by atoms with van der Waals surface area (Å²) in [6, 6.07) is 21.3. The number of halogens is 2. The number of sulfone groups is 3. The highest BCUT2D eigenvalue weighted by atomic mass is 35.5. The van der Waals surface area contributed by atoms with E-state index in [1.165, 1.54) is 38.0 Å². The highest BCUT2D eigenvalue weighted by molar-refractivity contribution is 7.91. The molecule has 0 bridgehead atoms. The Bertz CT molecular complexity index is 4210. The minimum atomic E-state index is -3.49. The van der Waals surface area contributed by atoms with Gasteiger partial charge in [-0.25, -0.2) is 35.2 Å². The average molecular weight is 1350 g/mol. The van der Waals surface area contributed by atoms with Crippen molar-refractivity contribution in [2.75, 3.05) is 55.9 Å². The third-order valence-corrected chi connectivity index (χ3v) is 22.0. The van der Waals surface area contributed by atoms with Crippen molar-refractivity contribution >= 4 is 116 Å². The first-order valence-corrected chi connectivity index (χ1v) is 37.2. The van der Waals surface area contributed by atoms with E-state index >= 15 is 0 Å². The Balaban J connectivity index is 0.000000135. The minimum Gasteiger partial charge on any atom is -0.369 e. The second-order valence-corrected chi connectivity index (χ2v) is 32.3. The maximum Gasteiger partial charge on any atom is 0.257 e. The quantitative estimate of drug-likeness (QED) is 0.0655. The monoisotopic (exact) mass is 1350 g/mol. The summed E-state index contributed by atoms with van der Waals surface area (Å²) < 4.78 is 74.7. The van der Waals surface area contributed by atoms with E-state index in [0.717, 1.165) is 80.9 Å². The van der Waals surface area contributed by atoms with Crippen LogP contribution in [-0.2, 0) is 65.2 Å². The van der Waals surface area contributed by atoms with Gasteiger partial charge in [0.05, 0.1) is 108 Å². The molecule has 92 heavy (non-hydrogen) atoms. The summed E-state index contributed by atoms with van der Waals surface area (Å²) in [4.78, 5) is 78.5. The van der Waals surface area contributed by atoms with E-state index in [4.69, 9.17) is 28.9 Å². The lowest BCUT2D eigenvalue weighted by atomic mass is 9.80. The van der Waals surface area contributed by atoms with Crippen LogP contribution < -0.4 is 21.7 Å². The predicted octanol–water partition coefficient (Wildman–Crippen LogP) is 11.0. The number of benzene rings is 3. The first kappa shape index (κ1) is 66.0. The number of nitrogens with one attached hydrogen (secondary N) is 3. The highest BCUT2D eigenvalue weighted by Gasteiger charge is 2.36. The molecule has 26 heteroatoms. The van der Waals surface area contributed by atoms with Crippen molar-refractivity contribution in [1.29, 1.82) is 0 Å². The molecule has 21 nitrogen and oxygen atoms in total. The molecule has 6 aromatic rings. The summed E-state index contributed by atoms with van der Waals surface area (Å²) in [6.07, 6.45) is 17.8. The fourth-order valence-electron chi connectivity index (χ4n) is 12.1. The SMILES string of the molecule is CN1Cc2nc(CC(=O)C3CC3)cc(Nc3ccc(C4CCC4)cc3S(C)(=O)=O)c2C1=O.CN1Cc2nc(Cl)cc(Nc3ccc(C4CCC4)cc3S(C)(=O)=O)c2C1=O.CN1Cc2nc(Cl)cc(Nc3ccc(C4CCC4)cc3S(C)(=O)=O)c2C1=O.NC(=O)C1CC1. The van der Waals surface area contributed by atoms with Gasteiger partial charge in [-0.2, -0.15) is 0 Å². The van der Waals surface area contributed by atoms with E-state index in [1.54, 1.807) is 90.4 Å². The molecule has 6 heterocycles. The van der Waals surface area contributed by atoms with E-state index in [0.29, 0.717) is 111 Å². The summed E-state index contributed by atoms with van der Waals surface area (Å²) >= 11 is 12.2. The number of nitrogens with zero attached hydrogens (tertiary/aromatic N) is 6. The Labute approximate surface area is 546 Å². The Hall–Kier alpha value is -7.51. The summed E-state index contributed by atoms with van der Waals surface area (Å²) in [6.45, 7) is 1.12. The summed E-state index contributed by atoms with van der Waals surface area (Å²) in [5, 5.41) is 9.97. The number of anilines is 6. The zero-order chi connectivity index (χ0) is 65.9. The van der Waals surface area contributed by atoms with Crippen LogP contribution in [0.4, 0.5) is 34.1 Å². The lowest BCUT2D eigenvalue weighted by Gasteiger charge is -2.26. The van der Waals surface area contributed by atoms with Crippen molar-refractivity contribution in [3.8, 4) is 0 Å². The van der Waals surface area contributed by atoms with Crippen molar-refractivity contribution in [3.63, 3.8) is 0 Å². The second-order valence-electron chi connectivity index (χ2n) is 25.5. The molecule has 3 aromatic heterocycles. The van der Waals surface area contributed by atoms with Crippen LogP contribution in [0.1, 0.15) is 172 Å². The van der Waals surface area contributed by atoms with Crippen LogP contribution >= 0.6 is 23.2 Å². The molecule has 0 unspecified atom stereocenters. The number of fused-ring (bicyclic) bond motifs is 3. The number of pyridine rings is 3. The van der Waals surface area contributed by atoms with Crippen LogP contribution in [0.15, 0.2) is 87.5 Å². The number of carbonyl (C=O) groups excluding carboxylic acids is 5. The number of rotatable bonds is 16. The van der Waals surface area contributed by atoms with E-state index < -0.39 is 29.5 Å². The molecule has 3 aliphatic heterocycles. The van der Waals surface area contributed by atoms with Crippen LogP contribution in [-0.4, -0.2) is 124 Å². The Morgan fingerprint density at radius 2 is 0.783 bits per heavy atom. The van der Waals surface area contributed by atoms with Crippen molar-refractivity contribution in [2.24, 2.45) is 17.6 Å². The molecule has 5 saturated carbocycles. The number of amides is 4. The predicted molar refractivity (Wildman–Crippen MR) is 352 cm³/mol. The number of carbonyl (C=O) groups is 5. The second kappa shape index (κ2) is 26.1. The molecule has 0 atom stereocenters. The van der Waals surface area contributed by atoms with E-state index in [-0.39, 0.29) is 72.7 Å². The number of primary amides is 1.